The molecule has 10 N–H and O–H groups in total. The second kappa shape index (κ2) is 12.7. The molecule has 0 aromatic carbocycles. The van der Waals surface area contributed by atoms with E-state index in [2.05, 4.69) is 19.3 Å². The van der Waals surface area contributed by atoms with E-state index < -0.39 is 89.8 Å². The highest BCUT2D eigenvalue weighted by Gasteiger charge is 2.49. The van der Waals surface area contributed by atoms with Gasteiger partial charge >= 0.3 is 15.6 Å². The molecule has 44 heavy (non-hydrogen) atoms. The van der Waals surface area contributed by atoms with Crippen LogP contribution in [0.3, 0.4) is 0 Å². The van der Waals surface area contributed by atoms with Gasteiger partial charge in [-0.1, -0.05) is 12.2 Å². The SMILES string of the molecule is NC(=O)[C@H]1C=CCN([C@@H]2O[C@H](COP(=O)(O)OP(=O)(O)OC[C@H]3O[C@@H](n4cnc5c(N)ncnc54)[C@H](O)[C@@H]3O)[C@@H](O)[C@H]2O)C1. The van der Waals surface area contributed by atoms with Crippen molar-refractivity contribution in [3.05, 3.63) is 24.8 Å². The van der Waals surface area contributed by atoms with Gasteiger partial charge in [0.2, 0.25) is 5.91 Å². The van der Waals surface area contributed by atoms with Gasteiger partial charge in [0, 0.05) is 13.1 Å². The Hall–Kier alpha value is -2.46. The Morgan fingerprint density at radius 3 is 2.16 bits per heavy atom. The number of fused-ring (bicyclic) bond motifs is 1. The van der Waals surface area contributed by atoms with Crippen molar-refractivity contribution in [1.29, 1.82) is 0 Å². The van der Waals surface area contributed by atoms with E-state index in [1.165, 1.54) is 15.8 Å². The number of carbonyl (C=O) groups excluding carboxylic acids is 1. The first-order chi connectivity index (χ1) is 20.7. The van der Waals surface area contributed by atoms with Gasteiger partial charge < -0.3 is 51.2 Å². The number of nitrogens with zero attached hydrogens (tertiary/aromatic N) is 5. The molecule has 2 aromatic rings. The first-order valence-corrected chi connectivity index (χ1v) is 16.0. The van der Waals surface area contributed by atoms with Crippen LogP contribution in [0.4, 0.5) is 5.82 Å². The second-order valence-corrected chi connectivity index (χ2v) is 13.2. The molecular weight excluding hydrogens is 636 g/mol. The quantitative estimate of drug-likeness (QED) is 0.0859. The van der Waals surface area contributed by atoms with Crippen molar-refractivity contribution in [2.24, 2.45) is 11.7 Å². The number of nitrogens with two attached hydrogens (primary N) is 2. The van der Waals surface area contributed by atoms with Crippen LogP contribution in [-0.4, -0.2) is 130 Å². The minimum atomic E-state index is -5.36. The number of primary amides is 1. The topological polar surface area (TPSA) is 318 Å². The summed E-state index contributed by atoms with van der Waals surface area (Å²) in [4.78, 5) is 45.0. The molecule has 2 fully saturated rings. The maximum absolute atomic E-state index is 12.4. The Morgan fingerprint density at radius 1 is 0.955 bits per heavy atom. The third-order valence-electron chi connectivity index (χ3n) is 7.21. The molecule has 2 unspecified atom stereocenters. The fourth-order valence-corrected chi connectivity index (χ4v) is 7.07. The lowest BCUT2D eigenvalue weighted by atomic mass is 10.0. The third kappa shape index (κ3) is 6.86. The molecule has 5 rings (SSSR count). The van der Waals surface area contributed by atoms with E-state index in [1.807, 2.05) is 0 Å². The number of imidazole rings is 1. The maximum Gasteiger partial charge on any atom is 0.481 e. The van der Waals surface area contributed by atoms with E-state index in [4.69, 9.17) is 30.0 Å². The van der Waals surface area contributed by atoms with Gasteiger partial charge in [-0.05, 0) is 0 Å². The summed E-state index contributed by atoms with van der Waals surface area (Å²) in [6.45, 7) is -1.42. The molecule has 21 nitrogen and oxygen atoms in total. The number of ether oxygens (including phenoxy) is 2. The number of hydrogen-bond acceptors (Lipinski definition) is 17. The molecule has 0 spiro atoms. The summed E-state index contributed by atoms with van der Waals surface area (Å²) in [6.07, 6.45) is -5.94. The van der Waals surface area contributed by atoms with Crippen LogP contribution < -0.4 is 11.5 Å². The Kier molecular flexibility index (Phi) is 9.53. The van der Waals surface area contributed by atoms with Gasteiger partial charge in [0.1, 0.15) is 54.7 Å². The zero-order chi connectivity index (χ0) is 32.0. The summed E-state index contributed by atoms with van der Waals surface area (Å²) < 4.78 is 51.0. The number of nitrogen functional groups attached to an aromatic ring is 1. The van der Waals surface area contributed by atoms with Crippen LogP contribution in [0.5, 0.6) is 0 Å². The van der Waals surface area contributed by atoms with E-state index in [-0.39, 0.29) is 30.1 Å². The highest BCUT2D eigenvalue weighted by molar-refractivity contribution is 7.61. The predicted molar refractivity (Wildman–Crippen MR) is 142 cm³/mol. The molecule has 0 aliphatic carbocycles. The highest BCUT2D eigenvalue weighted by atomic mass is 31.3. The normalized spacial score (nSPS) is 35.5. The van der Waals surface area contributed by atoms with Crippen LogP contribution in [0.1, 0.15) is 6.23 Å². The first-order valence-electron chi connectivity index (χ1n) is 13.0. The zero-order valence-corrected chi connectivity index (χ0v) is 24.4. The minimum absolute atomic E-state index is 0.0541. The highest BCUT2D eigenvalue weighted by Crippen LogP contribution is 2.60. The molecule has 2 saturated heterocycles. The van der Waals surface area contributed by atoms with Gasteiger partial charge in [-0.2, -0.15) is 4.31 Å². The van der Waals surface area contributed by atoms with Crippen molar-refractivity contribution in [2.75, 3.05) is 32.0 Å². The molecule has 2 aromatic heterocycles. The Bertz CT molecular complexity index is 1500. The molecule has 23 heteroatoms. The average Bonchev–Trinajstić information content (AvgIpc) is 3.61. The summed E-state index contributed by atoms with van der Waals surface area (Å²) >= 11 is 0. The fourth-order valence-electron chi connectivity index (χ4n) is 4.98. The van der Waals surface area contributed by atoms with E-state index in [0.29, 0.717) is 0 Å². The molecule has 1 amide bonds. The Morgan fingerprint density at radius 2 is 1.55 bits per heavy atom. The number of aliphatic hydroxyl groups is 4. The summed E-state index contributed by atoms with van der Waals surface area (Å²) in [6, 6.07) is 0. The van der Waals surface area contributed by atoms with Crippen molar-refractivity contribution in [1.82, 2.24) is 24.4 Å². The average molecular weight is 667 g/mol. The van der Waals surface area contributed by atoms with Gasteiger partial charge in [-0.25, -0.2) is 24.1 Å². The van der Waals surface area contributed by atoms with Gasteiger partial charge in [0.15, 0.2) is 17.7 Å². The summed E-state index contributed by atoms with van der Waals surface area (Å²) in [5, 5.41) is 41.7. The first kappa shape index (κ1) is 32.9. The minimum Gasteiger partial charge on any atom is -0.387 e. The molecule has 0 saturated carbocycles. The number of anilines is 1. The molecular formula is C21H31N7O14P2. The van der Waals surface area contributed by atoms with E-state index in [0.717, 1.165) is 6.33 Å². The zero-order valence-electron chi connectivity index (χ0n) is 22.6. The van der Waals surface area contributed by atoms with Crippen LogP contribution in [0, 0.1) is 5.92 Å². The summed E-state index contributed by atoms with van der Waals surface area (Å²) in [5.41, 5.74) is 11.4. The lowest BCUT2D eigenvalue weighted by molar-refractivity contribution is -0.125. The standard InChI is InChI=1S/C21H31N7O14P2/c22-17-12-19(25-7-24-17)28(8-26-12)21-16(32)14(30)11(41-21)6-39-44(36,37)42-43(34,35)38-5-10-13(29)15(31)20(40-10)27-3-1-2-9(4-27)18(23)33/h1-2,7-11,13-16,20-21,29-32H,3-6H2,(H2,23,33)(H,34,35)(H,36,37)(H2,22,24,25)/t9-,10+,11+,13+,14+,15+,16+,20+,21+/m0/s1. The molecule has 3 aliphatic rings. The number of aromatic nitrogens is 4. The second-order valence-electron chi connectivity index (χ2n) is 10.2. The smallest absolute Gasteiger partial charge is 0.387 e. The number of aliphatic hydroxyl groups excluding tert-OH is 4. The number of rotatable bonds is 11. The Balaban J connectivity index is 1.14. The van der Waals surface area contributed by atoms with E-state index >= 15 is 0 Å². The van der Waals surface area contributed by atoms with Crippen LogP contribution in [0.25, 0.3) is 11.2 Å². The lowest BCUT2D eigenvalue weighted by Crippen LogP contribution is -2.49. The number of carbonyl (C=O) groups is 1. The molecule has 11 atom stereocenters. The van der Waals surface area contributed by atoms with Crippen molar-refractivity contribution in [3.63, 3.8) is 0 Å². The van der Waals surface area contributed by atoms with E-state index in [9.17, 15) is 44.1 Å². The maximum atomic E-state index is 12.4. The van der Waals surface area contributed by atoms with Crippen LogP contribution in [-0.2, 0) is 36.8 Å². The van der Waals surface area contributed by atoms with Crippen LogP contribution in [0.15, 0.2) is 24.8 Å². The number of hydrogen-bond donors (Lipinski definition) is 8. The number of phosphoric acid groups is 2. The number of phosphoric ester groups is 2. The monoisotopic (exact) mass is 667 g/mol. The molecule has 244 valence electrons. The predicted octanol–water partition coefficient (Wildman–Crippen LogP) is -3.30. The third-order valence-corrected chi connectivity index (χ3v) is 9.81. The summed E-state index contributed by atoms with van der Waals surface area (Å²) in [5.74, 6) is -1.22. The summed E-state index contributed by atoms with van der Waals surface area (Å²) in [7, 11) is -10.7. The van der Waals surface area contributed by atoms with Crippen LogP contribution >= 0.6 is 15.6 Å². The van der Waals surface area contributed by atoms with Crippen molar-refractivity contribution in [2.45, 2.75) is 49.1 Å². The van der Waals surface area contributed by atoms with Gasteiger partial charge in [-0.15, -0.1) is 0 Å². The van der Waals surface area contributed by atoms with Crippen molar-refractivity contribution in [3.8, 4) is 0 Å². The lowest BCUT2D eigenvalue weighted by Gasteiger charge is -2.33. The number of amides is 1. The van der Waals surface area contributed by atoms with E-state index in [1.54, 1.807) is 12.2 Å². The van der Waals surface area contributed by atoms with Crippen LogP contribution in [0.2, 0.25) is 0 Å². The molecule has 3 aliphatic heterocycles. The van der Waals surface area contributed by atoms with Gasteiger partial charge in [0.25, 0.3) is 0 Å². The Labute approximate surface area is 247 Å². The van der Waals surface area contributed by atoms with Crippen molar-refractivity contribution >= 4 is 38.5 Å². The fraction of sp³-hybridized carbons (Fsp3) is 0.619. The molecule has 0 radical (unpaired) electrons. The molecule has 0 bridgehead atoms. The molecule has 5 heterocycles. The van der Waals surface area contributed by atoms with Gasteiger partial charge in [0.05, 0.1) is 25.5 Å². The van der Waals surface area contributed by atoms with Crippen molar-refractivity contribution < 1.29 is 67.0 Å². The van der Waals surface area contributed by atoms with Gasteiger partial charge in [-0.3, -0.25) is 23.3 Å². The largest absolute Gasteiger partial charge is 0.481 e.